The maximum Gasteiger partial charge on any atom is 0.183 e. The number of imidazole rings is 1. The van der Waals surface area contributed by atoms with E-state index in [0.717, 1.165) is 6.42 Å². The Morgan fingerprint density at radius 3 is 3.00 bits per heavy atom. The number of hydrogen-bond donors (Lipinski definition) is 1. The molecule has 1 aromatic heterocycles. The standard InChI is InChI=1S/C13H14N2O/c1-10-3-2-4-11(7-10)5-6-13(16)12-8-14-9-15-12/h2-4,7-9H,5-6H2,1H3,(H,14,15). The predicted molar refractivity (Wildman–Crippen MR) is 62.4 cm³/mol. The van der Waals surface area contributed by atoms with Crippen molar-refractivity contribution in [3.8, 4) is 0 Å². The number of ketones is 1. The van der Waals surface area contributed by atoms with E-state index in [-0.39, 0.29) is 5.78 Å². The third kappa shape index (κ3) is 2.57. The summed E-state index contributed by atoms with van der Waals surface area (Å²) < 4.78 is 0. The van der Waals surface area contributed by atoms with Crippen LogP contribution >= 0.6 is 0 Å². The van der Waals surface area contributed by atoms with Gasteiger partial charge in [-0.05, 0) is 18.9 Å². The first kappa shape index (κ1) is 10.6. The molecule has 82 valence electrons. The van der Waals surface area contributed by atoms with Gasteiger partial charge >= 0.3 is 0 Å². The summed E-state index contributed by atoms with van der Waals surface area (Å²) in [7, 11) is 0. The van der Waals surface area contributed by atoms with Crippen molar-refractivity contribution < 1.29 is 4.79 Å². The highest BCUT2D eigenvalue weighted by atomic mass is 16.1. The van der Waals surface area contributed by atoms with E-state index in [0.29, 0.717) is 12.1 Å². The average molecular weight is 214 g/mol. The Morgan fingerprint density at radius 1 is 1.44 bits per heavy atom. The Bertz CT molecular complexity index is 474. The van der Waals surface area contributed by atoms with E-state index in [2.05, 4.69) is 29.0 Å². The van der Waals surface area contributed by atoms with Crippen molar-refractivity contribution in [2.75, 3.05) is 0 Å². The first-order valence-corrected chi connectivity index (χ1v) is 5.33. The van der Waals surface area contributed by atoms with Gasteiger partial charge in [-0.1, -0.05) is 29.8 Å². The van der Waals surface area contributed by atoms with Gasteiger partial charge in [0.25, 0.3) is 0 Å². The molecule has 3 nitrogen and oxygen atoms in total. The van der Waals surface area contributed by atoms with Crippen LogP contribution in [0.4, 0.5) is 0 Å². The fourth-order valence-electron chi connectivity index (χ4n) is 1.67. The van der Waals surface area contributed by atoms with Gasteiger partial charge < -0.3 is 4.98 Å². The molecule has 1 aromatic carbocycles. The molecule has 0 aliphatic rings. The SMILES string of the molecule is Cc1cccc(CCC(=O)c2c[nH]cn2)c1. The van der Waals surface area contributed by atoms with Crippen LogP contribution in [0.15, 0.2) is 36.8 Å². The van der Waals surface area contributed by atoms with Gasteiger partial charge in [0, 0.05) is 12.6 Å². The van der Waals surface area contributed by atoms with Crippen LogP contribution in [0, 0.1) is 6.92 Å². The van der Waals surface area contributed by atoms with Gasteiger partial charge in [-0.15, -0.1) is 0 Å². The molecular formula is C13H14N2O. The van der Waals surface area contributed by atoms with Crippen LogP contribution < -0.4 is 0 Å². The van der Waals surface area contributed by atoms with Crippen LogP contribution in [0.25, 0.3) is 0 Å². The van der Waals surface area contributed by atoms with Crippen molar-refractivity contribution in [3.05, 3.63) is 53.6 Å². The zero-order valence-electron chi connectivity index (χ0n) is 9.23. The van der Waals surface area contributed by atoms with E-state index in [1.54, 1.807) is 6.20 Å². The monoisotopic (exact) mass is 214 g/mol. The number of nitrogens with zero attached hydrogens (tertiary/aromatic N) is 1. The number of rotatable bonds is 4. The minimum atomic E-state index is 0.0859. The summed E-state index contributed by atoms with van der Waals surface area (Å²) >= 11 is 0. The Hall–Kier alpha value is -1.90. The summed E-state index contributed by atoms with van der Waals surface area (Å²) in [6.07, 6.45) is 4.44. The second-order valence-electron chi connectivity index (χ2n) is 3.87. The summed E-state index contributed by atoms with van der Waals surface area (Å²) in [4.78, 5) is 18.4. The van der Waals surface area contributed by atoms with Crippen LogP contribution in [0.2, 0.25) is 0 Å². The number of Topliss-reactive ketones (excluding diaryl/α,β-unsaturated/α-hetero) is 1. The van der Waals surface area contributed by atoms with E-state index in [4.69, 9.17) is 0 Å². The molecular weight excluding hydrogens is 200 g/mol. The first-order chi connectivity index (χ1) is 7.75. The molecule has 0 aliphatic carbocycles. The summed E-state index contributed by atoms with van der Waals surface area (Å²) in [5.74, 6) is 0.0859. The molecule has 0 amide bonds. The summed E-state index contributed by atoms with van der Waals surface area (Å²) in [5.41, 5.74) is 2.95. The molecule has 0 unspecified atom stereocenters. The lowest BCUT2D eigenvalue weighted by atomic mass is 10.0. The maximum atomic E-state index is 11.7. The molecule has 0 saturated carbocycles. The van der Waals surface area contributed by atoms with Crippen molar-refractivity contribution in [3.63, 3.8) is 0 Å². The highest BCUT2D eigenvalue weighted by molar-refractivity contribution is 5.94. The lowest BCUT2D eigenvalue weighted by Gasteiger charge is -2.00. The molecule has 1 heterocycles. The average Bonchev–Trinajstić information content (AvgIpc) is 2.79. The van der Waals surface area contributed by atoms with Crippen LogP contribution in [0.5, 0.6) is 0 Å². The van der Waals surface area contributed by atoms with Crippen LogP contribution in [-0.4, -0.2) is 15.8 Å². The fourth-order valence-corrected chi connectivity index (χ4v) is 1.67. The molecule has 0 fully saturated rings. The normalized spacial score (nSPS) is 10.3. The highest BCUT2D eigenvalue weighted by Crippen LogP contribution is 2.08. The molecule has 2 rings (SSSR count). The number of carbonyl (C=O) groups excluding carboxylic acids is 1. The molecule has 1 N–H and O–H groups in total. The van der Waals surface area contributed by atoms with E-state index in [1.807, 2.05) is 12.1 Å². The number of hydrogen-bond acceptors (Lipinski definition) is 2. The number of aryl methyl sites for hydroxylation is 2. The van der Waals surface area contributed by atoms with Crippen molar-refractivity contribution in [2.45, 2.75) is 19.8 Å². The van der Waals surface area contributed by atoms with Gasteiger partial charge in [-0.3, -0.25) is 4.79 Å². The summed E-state index contributed by atoms with van der Waals surface area (Å²) in [6.45, 7) is 2.05. The molecule has 0 saturated heterocycles. The van der Waals surface area contributed by atoms with Crippen molar-refractivity contribution in [1.29, 1.82) is 0 Å². The lowest BCUT2D eigenvalue weighted by Crippen LogP contribution is -2.01. The number of aromatic nitrogens is 2. The van der Waals surface area contributed by atoms with E-state index >= 15 is 0 Å². The fraction of sp³-hybridized carbons (Fsp3) is 0.231. The molecule has 0 spiro atoms. The van der Waals surface area contributed by atoms with Crippen molar-refractivity contribution in [2.24, 2.45) is 0 Å². The second kappa shape index (κ2) is 4.75. The zero-order chi connectivity index (χ0) is 11.4. The summed E-state index contributed by atoms with van der Waals surface area (Å²) in [5, 5.41) is 0. The van der Waals surface area contributed by atoms with Gasteiger partial charge in [0.05, 0.1) is 6.33 Å². The molecule has 0 radical (unpaired) electrons. The lowest BCUT2D eigenvalue weighted by molar-refractivity contribution is 0.0978. The Morgan fingerprint density at radius 2 is 2.31 bits per heavy atom. The molecule has 0 bridgehead atoms. The molecule has 3 heteroatoms. The number of aromatic amines is 1. The Kier molecular flexibility index (Phi) is 3.15. The minimum absolute atomic E-state index is 0.0859. The van der Waals surface area contributed by atoms with E-state index < -0.39 is 0 Å². The van der Waals surface area contributed by atoms with Gasteiger partial charge in [0.15, 0.2) is 5.78 Å². The van der Waals surface area contributed by atoms with Gasteiger partial charge in [-0.2, -0.15) is 0 Å². The number of H-pyrrole nitrogens is 1. The largest absolute Gasteiger partial charge is 0.350 e. The number of benzene rings is 1. The van der Waals surface area contributed by atoms with Gasteiger partial charge in [0.2, 0.25) is 0 Å². The first-order valence-electron chi connectivity index (χ1n) is 5.33. The number of carbonyl (C=O) groups is 1. The van der Waals surface area contributed by atoms with Crippen molar-refractivity contribution in [1.82, 2.24) is 9.97 Å². The second-order valence-corrected chi connectivity index (χ2v) is 3.87. The molecule has 2 aromatic rings. The van der Waals surface area contributed by atoms with Crippen LogP contribution in [0.3, 0.4) is 0 Å². The third-order valence-corrected chi connectivity index (χ3v) is 2.51. The van der Waals surface area contributed by atoms with Gasteiger partial charge in [0.1, 0.15) is 5.69 Å². The predicted octanol–water partition coefficient (Wildman–Crippen LogP) is 2.53. The minimum Gasteiger partial charge on any atom is -0.350 e. The van der Waals surface area contributed by atoms with E-state index in [9.17, 15) is 4.79 Å². The summed E-state index contributed by atoms with van der Waals surface area (Å²) in [6, 6.07) is 8.23. The van der Waals surface area contributed by atoms with Crippen LogP contribution in [-0.2, 0) is 6.42 Å². The molecule has 16 heavy (non-hydrogen) atoms. The smallest absolute Gasteiger partial charge is 0.183 e. The maximum absolute atomic E-state index is 11.7. The topological polar surface area (TPSA) is 45.8 Å². The van der Waals surface area contributed by atoms with Gasteiger partial charge in [-0.25, -0.2) is 4.98 Å². The van der Waals surface area contributed by atoms with Crippen LogP contribution in [0.1, 0.15) is 28.0 Å². The molecule has 0 aliphatic heterocycles. The quantitative estimate of drug-likeness (QED) is 0.795. The number of nitrogens with one attached hydrogen (secondary N) is 1. The molecule has 0 atom stereocenters. The zero-order valence-corrected chi connectivity index (χ0v) is 9.23. The van der Waals surface area contributed by atoms with Crippen molar-refractivity contribution >= 4 is 5.78 Å². The Labute approximate surface area is 94.5 Å². The third-order valence-electron chi connectivity index (χ3n) is 2.51. The Balaban J connectivity index is 1.95. The van der Waals surface area contributed by atoms with E-state index in [1.165, 1.54) is 17.5 Å². The highest BCUT2D eigenvalue weighted by Gasteiger charge is 2.07.